The van der Waals surface area contributed by atoms with E-state index < -0.39 is 0 Å². The van der Waals surface area contributed by atoms with E-state index in [0.29, 0.717) is 30.1 Å². The van der Waals surface area contributed by atoms with Crippen molar-refractivity contribution in [1.29, 1.82) is 5.26 Å². The van der Waals surface area contributed by atoms with Crippen molar-refractivity contribution in [3.05, 3.63) is 53.0 Å². The third kappa shape index (κ3) is 3.34. The maximum atomic E-state index is 12.6. The first-order chi connectivity index (χ1) is 14.0. The van der Waals surface area contributed by atoms with Crippen molar-refractivity contribution in [2.75, 3.05) is 5.32 Å². The number of nitriles is 1. The average molecular weight is 389 g/mol. The minimum absolute atomic E-state index is 0.184. The molecule has 0 radical (unpaired) electrons. The molecule has 0 unspecified atom stereocenters. The van der Waals surface area contributed by atoms with Crippen LogP contribution in [0.15, 0.2) is 41.7 Å². The fourth-order valence-corrected chi connectivity index (χ4v) is 3.12. The number of anilines is 2. The molecule has 29 heavy (non-hydrogen) atoms. The first-order valence-electron chi connectivity index (χ1n) is 9.01. The van der Waals surface area contributed by atoms with Gasteiger partial charge in [0.1, 0.15) is 11.8 Å². The van der Waals surface area contributed by atoms with Gasteiger partial charge in [0.05, 0.1) is 30.6 Å². The topological polar surface area (TPSA) is 119 Å². The Bertz CT molecular complexity index is 1340. The molecule has 0 fully saturated rings. The lowest BCUT2D eigenvalue weighted by Gasteiger charge is -2.09. The number of fused-ring (bicyclic) bond motifs is 2. The number of hydrogen-bond acceptors (Lipinski definition) is 7. The highest BCUT2D eigenvalue weighted by atomic mass is 16.1. The summed E-state index contributed by atoms with van der Waals surface area (Å²) in [5.74, 6) is 0.371. The van der Waals surface area contributed by atoms with E-state index >= 15 is 0 Å². The molecule has 0 spiro atoms. The number of nitrogens with one attached hydrogen (secondary N) is 1. The van der Waals surface area contributed by atoms with Gasteiger partial charge in [-0.1, -0.05) is 12.2 Å². The van der Waals surface area contributed by atoms with E-state index in [1.165, 1.54) is 10.9 Å². The predicted octanol–water partition coefficient (Wildman–Crippen LogP) is 2.08. The predicted molar refractivity (Wildman–Crippen MR) is 108 cm³/mol. The molecule has 0 saturated heterocycles. The Morgan fingerprint density at radius 1 is 1.38 bits per heavy atom. The third-order valence-corrected chi connectivity index (χ3v) is 4.77. The van der Waals surface area contributed by atoms with Crippen LogP contribution in [0, 0.1) is 18.3 Å². The van der Waals surface area contributed by atoms with E-state index in [9.17, 15) is 4.79 Å². The first-order valence-corrected chi connectivity index (χ1v) is 9.01. The van der Waals surface area contributed by atoms with Crippen LogP contribution in [0.4, 0.5) is 11.6 Å². The summed E-state index contributed by atoms with van der Waals surface area (Å²) < 4.78 is 4.75. The van der Waals surface area contributed by atoms with Gasteiger partial charge in [0.2, 0.25) is 5.95 Å². The third-order valence-electron chi connectivity index (χ3n) is 4.77. The smallest absolute Gasteiger partial charge is 0.323 e. The minimum atomic E-state index is -0.184. The minimum Gasteiger partial charge on any atom is -0.323 e. The van der Waals surface area contributed by atoms with E-state index in [-0.39, 0.29) is 12.1 Å². The quantitative estimate of drug-likeness (QED) is 0.501. The van der Waals surface area contributed by atoms with E-state index in [0.717, 1.165) is 22.5 Å². The van der Waals surface area contributed by atoms with Crippen LogP contribution >= 0.6 is 0 Å². The van der Waals surface area contributed by atoms with Gasteiger partial charge in [-0.2, -0.15) is 15.3 Å². The van der Waals surface area contributed by atoms with Crippen molar-refractivity contribution in [1.82, 2.24) is 33.7 Å². The molecule has 4 heterocycles. The Hall–Kier alpha value is -4.00. The molecular formula is C19H19N9O. The highest BCUT2D eigenvalue weighted by molar-refractivity contribution is 5.73. The molecule has 10 heteroatoms. The average Bonchev–Trinajstić information content (AvgIpc) is 3.23. The van der Waals surface area contributed by atoms with Gasteiger partial charge in [0.15, 0.2) is 11.3 Å². The van der Waals surface area contributed by atoms with Crippen LogP contribution in [0.1, 0.15) is 18.4 Å². The summed E-state index contributed by atoms with van der Waals surface area (Å²) in [4.78, 5) is 25.7. The molecule has 4 rings (SSSR count). The molecule has 0 bridgehead atoms. The van der Waals surface area contributed by atoms with Crippen LogP contribution in [0.2, 0.25) is 0 Å². The van der Waals surface area contributed by atoms with Gasteiger partial charge in [0.25, 0.3) is 0 Å². The fourth-order valence-electron chi connectivity index (χ4n) is 3.12. The monoisotopic (exact) mass is 389 g/mol. The molecule has 4 aromatic rings. The van der Waals surface area contributed by atoms with Crippen molar-refractivity contribution in [3.8, 4) is 6.07 Å². The van der Waals surface area contributed by atoms with Crippen molar-refractivity contribution >= 4 is 28.4 Å². The molecule has 10 nitrogen and oxygen atoms in total. The summed E-state index contributed by atoms with van der Waals surface area (Å²) in [6.45, 7) is 6.23. The zero-order chi connectivity index (χ0) is 20.5. The molecule has 0 aliphatic carbocycles. The molecule has 4 aromatic heterocycles. The molecule has 0 atom stereocenters. The van der Waals surface area contributed by atoms with Gasteiger partial charge in [-0.15, -0.1) is 0 Å². The number of rotatable bonds is 6. The number of aromatic nitrogens is 7. The first kappa shape index (κ1) is 18.4. The Morgan fingerprint density at radius 2 is 2.21 bits per heavy atom. The van der Waals surface area contributed by atoms with Crippen molar-refractivity contribution in [2.24, 2.45) is 7.05 Å². The summed E-state index contributed by atoms with van der Waals surface area (Å²) in [7, 11) is 1.69. The molecule has 0 aliphatic heterocycles. The summed E-state index contributed by atoms with van der Waals surface area (Å²) in [6.07, 6.45) is 5.72. The Kier molecular flexibility index (Phi) is 4.56. The largest absolute Gasteiger partial charge is 0.330 e. The molecule has 0 aliphatic rings. The van der Waals surface area contributed by atoms with E-state index in [1.807, 2.05) is 19.2 Å². The van der Waals surface area contributed by atoms with E-state index in [1.54, 1.807) is 22.3 Å². The van der Waals surface area contributed by atoms with Gasteiger partial charge < -0.3 is 5.32 Å². The van der Waals surface area contributed by atoms with E-state index in [4.69, 9.17) is 5.26 Å². The van der Waals surface area contributed by atoms with Gasteiger partial charge in [0, 0.05) is 13.6 Å². The maximum Gasteiger partial charge on any atom is 0.330 e. The lowest BCUT2D eigenvalue weighted by molar-refractivity contribution is 0.655. The summed E-state index contributed by atoms with van der Waals surface area (Å²) in [5, 5.41) is 16.1. The lowest BCUT2D eigenvalue weighted by atomic mass is 10.1. The lowest BCUT2D eigenvalue weighted by Crippen LogP contribution is -2.22. The number of pyridine rings is 1. The normalized spacial score (nSPS) is 11.1. The number of aryl methyl sites for hydroxylation is 3. The van der Waals surface area contributed by atoms with Gasteiger partial charge in [-0.05, 0) is 25.0 Å². The molecule has 0 saturated carbocycles. The zero-order valence-corrected chi connectivity index (χ0v) is 16.1. The maximum absolute atomic E-state index is 12.6. The van der Waals surface area contributed by atoms with Crippen LogP contribution in [-0.4, -0.2) is 33.7 Å². The van der Waals surface area contributed by atoms with E-state index in [2.05, 4.69) is 38.0 Å². The van der Waals surface area contributed by atoms with Gasteiger partial charge in [-0.25, -0.2) is 19.3 Å². The van der Waals surface area contributed by atoms with Crippen molar-refractivity contribution in [2.45, 2.75) is 26.3 Å². The SMILES string of the molecule is C=C(CC#N)CCn1c(=O)n(C)c2cnc(Nc3cn4ncnc4cc3C)nc21. The van der Waals surface area contributed by atoms with Crippen LogP contribution in [0.25, 0.3) is 16.8 Å². The molecular weight excluding hydrogens is 370 g/mol. The standard InChI is InChI=1S/C19H19N9O/c1-12(4-6-20)5-7-27-17-15(26(3)19(27)29)9-21-18(25-17)24-14-10-28-16(8-13(14)2)22-11-23-28/h8-11H,1,4-5,7H2,2-3H3,(H,21,24,25). The second kappa shape index (κ2) is 7.20. The van der Waals surface area contributed by atoms with Crippen LogP contribution in [-0.2, 0) is 13.6 Å². The van der Waals surface area contributed by atoms with Crippen LogP contribution in [0.5, 0.6) is 0 Å². The summed E-state index contributed by atoms with van der Waals surface area (Å²) in [5.41, 5.74) is 4.26. The molecule has 1 N–H and O–H groups in total. The molecule has 0 aromatic carbocycles. The van der Waals surface area contributed by atoms with Crippen LogP contribution in [0.3, 0.4) is 0 Å². The number of allylic oxidation sites excluding steroid dienone is 1. The highest BCUT2D eigenvalue weighted by Gasteiger charge is 2.14. The van der Waals surface area contributed by atoms with Gasteiger partial charge in [-0.3, -0.25) is 9.13 Å². The summed E-state index contributed by atoms with van der Waals surface area (Å²) >= 11 is 0. The van der Waals surface area contributed by atoms with Crippen molar-refractivity contribution < 1.29 is 0 Å². The second-order valence-electron chi connectivity index (χ2n) is 6.79. The van der Waals surface area contributed by atoms with Crippen molar-refractivity contribution in [3.63, 3.8) is 0 Å². The number of hydrogen-bond donors (Lipinski definition) is 1. The highest BCUT2D eigenvalue weighted by Crippen LogP contribution is 2.20. The fraction of sp³-hybridized carbons (Fsp3) is 0.263. The van der Waals surface area contributed by atoms with Gasteiger partial charge >= 0.3 is 5.69 Å². The Balaban J connectivity index is 1.70. The number of imidazole rings is 1. The zero-order valence-electron chi connectivity index (χ0n) is 16.1. The second-order valence-corrected chi connectivity index (χ2v) is 6.79. The number of nitrogens with zero attached hydrogens (tertiary/aromatic N) is 8. The summed E-state index contributed by atoms with van der Waals surface area (Å²) in [6, 6.07) is 3.98. The molecule has 0 amide bonds. The Morgan fingerprint density at radius 3 is 3.00 bits per heavy atom. The Labute approximate surface area is 165 Å². The molecule has 146 valence electrons. The van der Waals surface area contributed by atoms with Crippen LogP contribution < -0.4 is 11.0 Å².